The highest BCUT2D eigenvalue weighted by molar-refractivity contribution is 7.98. The normalized spacial score (nSPS) is 13.5. The number of hydrogen-bond donors (Lipinski definition) is 1. The predicted molar refractivity (Wildman–Crippen MR) is 137 cm³/mol. The van der Waals surface area contributed by atoms with Crippen LogP contribution in [0.4, 0.5) is 11.4 Å². The summed E-state index contributed by atoms with van der Waals surface area (Å²) >= 11 is 1.51. The summed E-state index contributed by atoms with van der Waals surface area (Å²) in [6.07, 6.45) is 0. The van der Waals surface area contributed by atoms with E-state index in [1.54, 1.807) is 11.0 Å². The van der Waals surface area contributed by atoms with Crippen LogP contribution in [0.5, 0.6) is 0 Å². The lowest BCUT2D eigenvalue weighted by molar-refractivity contribution is -0.116. The van der Waals surface area contributed by atoms with E-state index in [1.165, 1.54) is 11.8 Å². The van der Waals surface area contributed by atoms with Gasteiger partial charge in [-0.1, -0.05) is 17.3 Å². The number of amides is 2. The molecule has 35 heavy (non-hydrogen) atoms. The Bertz CT molecular complexity index is 1140. The van der Waals surface area contributed by atoms with Gasteiger partial charge in [-0.15, -0.1) is 11.8 Å². The smallest absolute Gasteiger partial charge is 0.255 e. The van der Waals surface area contributed by atoms with Crippen LogP contribution in [0, 0.1) is 6.92 Å². The van der Waals surface area contributed by atoms with Crippen molar-refractivity contribution in [3.63, 3.8) is 0 Å². The van der Waals surface area contributed by atoms with E-state index in [1.807, 2.05) is 62.4 Å². The van der Waals surface area contributed by atoms with Crippen molar-refractivity contribution in [2.45, 2.75) is 24.5 Å². The second kappa shape index (κ2) is 11.9. The van der Waals surface area contributed by atoms with Gasteiger partial charge < -0.3 is 24.4 Å². The van der Waals surface area contributed by atoms with Crippen molar-refractivity contribution in [3.05, 3.63) is 71.6 Å². The number of carbonyl (C=O) groups is 2. The molecule has 0 unspecified atom stereocenters. The predicted octanol–water partition coefficient (Wildman–Crippen LogP) is 4.21. The van der Waals surface area contributed by atoms with Gasteiger partial charge in [-0.05, 0) is 50.2 Å². The Morgan fingerprint density at radius 1 is 1.11 bits per heavy atom. The van der Waals surface area contributed by atoms with Crippen molar-refractivity contribution in [2.75, 3.05) is 49.6 Å². The third-order valence-electron chi connectivity index (χ3n) is 5.69. The van der Waals surface area contributed by atoms with Crippen molar-refractivity contribution < 1.29 is 18.8 Å². The average Bonchev–Trinajstić information content (AvgIpc) is 3.31. The van der Waals surface area contributed by atoms with E-state index in [2.05, 4.69) is 15.4 Å². The number of likely N-dealkylation sites (N-methyl/N-ethyl adjacent to an activating group) is 1. The second-order valence-electron chi connectivity index (χ2n) is 8.23. The van der Waals surface area contributed by atoms with E-state index < -0.39 is 0 Å². The molecule has 1 fully saturated rings. The lowest BCUT2D eigenvalue weighted by Gasteiger charge is -2.29. The lowest BCUT2D eigenvalue weighted by atomic mass is 10.2. The standard InChI is InChI=1S/C26H30N4O4S/c1-3-29(17-25(31)27-20-8-10-21(11-9-20)30-12-14-33-15-13-30)26(32)23-6-4-5-7-24(23)35-18-22-16-19(2)28-34-22/h4-11,16H,3,12-15,17-18H2,1-2H3,(H,27,31). The number of hydrogen-bond acceptors (Lipinski definition) is 7. The minimum Gasteiger partial charge on any atom is -0.378 e. The summed E-state index contributed by atoms with van der Waals surface area (Å²) in [5, 5.41) is 6.81. The fraction of sp³-hybridized carbons (Fsp3) is 0.346. The van der Waals surface area contributed by atoms with Gasteiger partial charge in [0.25, 0.3) is 5.91 Å². The molecule has 0 radical (unpaired) electrons. The van der Waals surface area contributed by atoms with E-state index in [-0.39, 0.29) is 18.4 Å². The molecule has 0 saturated carbocycles. The molecule has 1 aliphatic heterocycles. The molecule has 1 aromatic heterocycles. The number of aromatic nitrogens is 1. The van der Waals surface area contributed by atoms with Gasteiger partial charge in [-0.3, -0.25) is 9.59 Å². The zero-order chi connectivity index (χ0) is 24.6. The largest absolute Gasteiger partial charge is 0.378 e. The Morgan fingerprint density at radius 2 is 1.86 bits per heavy atom. The minimum atomic E-state index is -0.235. The summed E-state index contributed by atoms with van der Waals surface area (Å²) in [6, 6.07) is 17.1. The SMILES string of the molecule is CCN(CC(=O)Nc1ccc(N2CCOCC2)cc1)C(=O)c1ccccc1SCc1cc(C)no1. The molecule has 9 heteroatoms. The molecule has 1 aliphatic rings. The summed E-state index contributed by atoms with van der Waals surface area (Å²) < 4.78 is 10.7. The summed E-state index contributed by atoms with van der Waals surface area (Å²) in [6.45, 7) is 7.30. The van der Waals surface area contributed by atoms with Gasteiger partial charge in [0.15, 0.2) is 0 Å². The Labute approximate surface area is 209 Å². The Hall–Kier alpha value is -3.30. The third-order valence-corrected chi connectivity index (χ3v) is 6.79. The van der Waals surface area contributed by atoms with E-state index >= 15 is 0 Å². The highest BCUT2D eigenvalue weighted by Crippen LogP contribution is 2.27. The van der Waals surface area contributed by atoms with E-state index in [0.717, 1.165) is 48.3 Å². The maximum atomic E-state index is 13.3. The van der Waals surface area contributed by atoms with Crippen LogP contribution >= 0.6 is 11.8 Å². The monoisotopic (exact) mass is 494 g/mol. The fourth-order valence-corrected chi connectivity index (χ4v) is 4.77. The van der Waals surface area contributed by atoms with Crippen LogP contribution in [-0.2, 0) is 15.3 Å². The summed E-state index contributed by atoms with van der Waals surface area (Å²) in [5.41, 5.74) is 3.20. The molecule has 1 saturated heterocycles. The van der Waals surface area contributed by atoms with Crippen LogP contribution in [0.15, 0.2) is 64.0 Å². The number of benzene rings is 2. The van der Waals surface area contributed by atoms with Crippen LogP contribution < -0.4 is 10.2 Å². The average molecular weight is 495 g/mol. The molecule has 184 valence electrons. The molecule has 0 bridgehead atoms. The van der Waals surface area contributed by atoms with Crippen molar-refractivity contribution in [3.8, 4) is 0 Å². The molecule has 2 amide bonds. The number of carbonyl (C=O) groups excluding carboxylic acids is 2. The Balaban J connectivity index is 1.36. The molecule has 0 aliphatic carbocycles. The Kier molecular flexibility index (Phi) is 8.44. The molecule has 1 N–H and O–H groups in total. The number of thioether (sulfide) groups is 1. The number of aryl methyl sites for hydroxylation is 1. The van der Waals surface area contributed by atoms with Gasteiger partial charge in [0.1, 0.15) is 12.3 Å². The van der Waals surface area contributed by atoms with E-state index in [9.17, 15) is 9.59 Å². The molecule has 0 spiro atoms. The molecular formula is C26H30N4O4S. The fourth-order valence-electron chi connectivity index (χ4n) is 3.85. The first-order valence-corrected chi connectivity index (χ1v) is 12.7. The zero-order valence-electron chi connectivity index (χ0n) is 20.0. The maximum absolute atomic E-state index is 13.3. The number of anilines is 2. The van der Waals surface area contributed by atoms with Crippen LogP contribution in [0.1, 0.15) is 28.7 Å². The minimum absolute atomic E-state index is 0.0269. The molecular weight excluding hydrogens is 464 g/mol. The number of nitrogens with zero attached hydrogens (tertiary/aromatic N) is 3. The van der Waals surface area contributed by atoms with Crippen LogP contribution in [0.3, 0.4) is 0 Å². The Morgan fingerprint density at radius 3 is 2.54 bits per heavy atom. The van der Waals surface area contributed by atoms with Crippen LogP contribution in [0.2, 0.25) is 0 Å². The molecule has 3 aromatic rings. The number of rotatable bonds is 9. The first kappa shape index (κ1) is 24.8. The van der Waals surface area contributed by atoms with Crippen molar-refractivity contribution in [2.24, 2.45) is 0 Å². The topological polar surface area (TPSA) is 87.9 Å². The first-order chi connectivity index (χ1) is 17.0. The lowest BCUT2D eigenvalue weighted by Crippen LogP contribution is -2.38. The summed E-state index contributed by atoms with van der Waals surface area (Å²) in [5.74, 6) is 0.905. The maximum Gasteiger partial charge on any atom is 0.255 e. The van der Waals surface area contributed by atoms with Crippen LogP contribution in [-0.4, -0.2) is 61.3 Å². The highest BCUT2D eigenvalue weighted by atomic mass is 32.2. The van der Waals surface area contributed by atoms with Crippen LogP contribution in [0.25, 0.3) is 0 Å². The molecule has 4 rings (SSSR count). The second-order valence-corrected chi connectivity index (χ2v) is 9.25. The van der Waals surface area contributed by atoms with Crippen molar-refractivity contribution in [1.29, 1.82) is 0 Å². The number of nitrogens with one attached hydrogen (secondary N) is 1. The van der Waals surface area contributed by atoms with E-state index in [4.69, 9.17) is 9.26 Å². The third kappa shape index (κ3) is 6.64. The quantitative estimate of drug-likeness (QED) is 0.446. The van der Waals surface area contributed by atoms with Crippen molar-refractivity contribution >= 4 is 35.0 Å². The van der Waals surface area contributed by atoms with Gasteiger partial charge in [-0.25, -0.2) is 0 Å². The number of morpholine rings is 1. The molecule has 2 heterocycles. The number of ether oxygens (including phenoxy) is 1. The zero-order valence-corrected chi connectivity index (χ0v) is 20.8. The van der Waals surface area contributed by atoms with Gasteiger partial charge in [0.2, 0.25) is 5.91 Å². The van der Waals surface area contributed by atoms with Gasteiger partial charge in [0.05, 0.1) is 30.2 Å². The molecule has 8 nitrogen and oxygen atoms in total. The van der Waals surface area contributed by atoms with Crippen molar-refractivity contribution in [1.82, 2.24) is 10.1 Å². The molecule has 2 aromatic carbocycles. The van der Waals surface area contributed by atoms with Gasteiger partial charge in [-0.2, -0.15) is 0 Å². The summed E-state index contributed by atoms with van der Waals surface area (Å²) in [7, 11) is 0. The summed E-state index contributed by atoms with van der Waals surface area (Å²) in [4.78, 5) is 30.7. The highest BCUT2D eigenvalue weighted by Gasteiger charge is 2.21. The van der Waals surface area contributed by atoms with Gasteiger partial charge in [0, 0.05) is 42.0 Å². The van der Waals surface area contributed by atoms with E-state index in [0.29, 0.717) is 23.5 Å². The van der Waals surface area contributed by atoms with Gasteiger partial charge >= 0.3 is 0 Å². The first-order valence-electron chi connectivity index (χ1n) is 11.7. The molecule has 0 atom stereocenters.